The van der Waals surface area contributed by atoms with Gasteiger partial charge in [0.2, 0.25) is 0 Å². The first kappa shape index (κ1) is 12.3. The Bertz CT molecular complexity index is 584. The molecule has 0 saturated carbocycles. The van der Waals surface area contributed by atoms with Crippen LogP contribution in [0.4, 0.5) is 4.39 Å². The number of benzene rings is 2. The van der Waals surface area contributed by atoms with Crippen LogP contribution in [0.1, 0.15) is 11.6 Å². The number of hydrogen-bond acceptors (Lipinski definition) is 2. The van der Waals surface area contributed by atoms with Gasteiger partial charge in [0.15, 0.2) is 0 Å². The van der Waals surface area contributed by atoms with Crippen molar-refractivity contribution in [2.45, 2.75) is 6.04 Å². The molecule has 92 valence electrons. The summed E-state index contributed by atoms with van der Waals surface area (Å²) in [5.41, 5.74) is 7.33. The van der Waals surface area contributed by atoms with E-state index in [2.05, 4.69) is 0 Å². The van der Waals surface area contributed by atoms with Crippen molar-refractivity contribution >= 4 is 5.97 Å². The molecule has 0 heterocycles. The molecule has 2 aromatic rings. The lowest BCUT2D eigenvalue weighted by atomic mass is 9.95. The minimum absolute atomic E-state index is 0.369. The van der Waals surface area contributed by atoms with Gasteiger partial charge in [-0.3, -0.25) is 4.79 Å². The molecule has 0 spiro atoms. The van der Waals surface area contributed by atoms with Crippen molar-refractivity contribution in [2.75, 3.05) is 0 Å². The molecule has 1 atom stereocenters. The van der Waals surface area contributed by atoms with Crippen molar-refractivity contribution in [2.24, 2.45) is 5.73 Å². The molecule has 1 unspecified atom stereocenters. The minimum Gasteiger partial charge on any atom is -0.480 e. The Labute approximate surface area is 104 Å². The third kappa shape index (κ3) is 2.38. The summed E-state index contributed by atoms with van der Waals surface area (Å²) in [6.45, 7) is 0. The molecule has 0 saturated heterocycles. The summed E-state index contributed by atoms with van der Waals surface area (Å²) in [7, 11) is 0. The number of halogens is 1. The molecule has 0 radical (unpaired) electrons. The number of rotatable bonds is 3. The van der Waals surface area contributed by atoms with Gasteiger partial charge < -0.3 is 10.8 Å². The zero-order valence-corrected chi connectivity index (χ0v) is 9.51. The highest BCUT2D eigenvalue weighted by atomic mass is 19.1. The van der Waals surface area contributed by atoms with Crippen molar-refractivity contribution in [3.05, 3.63) is 59.9 Å². The van der Waals surface area contributed by atoms with Crippen LogP contribution in [-0.4, -0.2) is 11.1 Å². The molecular formula is C14H12FNO2. The van der Waals surface area contributed by atoms with Gasteiger partial charge in [-0.15, -0.1) is 0 Å². The molecule has 0 aliphatic rings. The monoisotopic (exact) mass is 245 g/mol. The Balaban J connectivity index is 2.55. The second-order valence-electron chi connectivity index (χ2n) is 3.91. The molecule has 0 fully saturated rings. The van der Waals surface area contributed by atoms with Crippen LogP contribution in [0.5, 0.6) is 0 Å². The van der Waals surface area contributed by atoms with Crippen LogP contribution in [0, 0.1) is 5.82 Å². The Hall–Kier alpha value is -2.20. The number of aliphatic carboxylic acids is 1. The van der Waals surface area contributed by atoms with E-state index >= 15 is 0 Å². The Kier molecular flexibility index (Phi) is 3.39. The first-order valence-electron chi connectivity index (χ1n) is 5.43. The lowest BCUT2D eigenvalue weighted by molar-refractivity contribution is -0.138. The fraction of sp³-hybridized carbons (Fsp3) is 0.0714. The van der Waals surface area contributed by atoms with Gasteiger partial charge in [-0.1, -0.05) is 36.4 Å². The highest BCUT2D eigenvalue weighted by molar-refractivity contribution is 5.80. The third-order valence-corrected chi connectivity index (χ3v) is 2.70. The first-order valence-corrected chi connectivity index (χ1v) is 5.43. The highest BCUT2D eigenvalue weighted by Crippen LogP contribution is 2.27. The molecular weight excluding hydrogens is 233 g/mol. The number of carboxylic acids is 1. The summed E-state index contributed by atoms with van der Waals surface area (Å²) in [6, 6.07) is 11.7. The highest BCUT2D eigenvalue weighted by Gasteiger charge is 2.18. The lowest BCUT2D eigenvalue weighted by Crippen LogP contribution is -2.21. The SMILES string of the molecule is NC(C(=O)O)c1ccccc1-c1cccc(F)c1. The van der Waals surface area contributed by atoms with Gasteiger partial charge in [-0.25, -0.2) is 4.39 Å². The third-order valence-electron chi connectivity index (χ3n) is 2.70. The Morgan fingerprint density at radius 2 is 1.89 bits per heavy atom. The molecule has 4 heteroatoms. The van der Waals surface area contributed by atoms with E-state index < -0.39 is 12.0 Å². The first-order chi connectivity index (χ1) is 8.59. The zero-order chi connectivity index (χ0) is 13.1. The summed E-state index contributed by atoms with van der Waals surface area (Å²) in [6.07, 6.45) is 0. The summed E-state index contributed by atoms with van der Waals surface area (Å²) in [4.78, 5) is 11.0. The van der Waals surface area contributed by atoms with Gasteiger partial charge >= 0.3 is 5.97 Å². The van der Waals surface area contributed by atoms with Crippen LogP contribution >= 0.6 is 0 Å². The average molecular weight is 245 g/mol. The Morgan fingerprint density at radius 1 is 1.17 bits per heavy atom. The molecule has 3 N–H and O–H groups in total. The van der Waals surface area contributed by atoms with E-state index in [0.717, 1.165) is 0 Å². The molecule has 2 aromatic carbocycles. The van der Waals surface area contributed by atoms with E-state index in [4.69, 9.17) is 10.8 Å². The van der Waals surface area contributed by atoms with Crippen molar-refractivity contribution in [1.82, 2.24) is 0 Å². The number of carboxylic acid groups (broad SMARTS) is 1. The molecule has 0 aliphatic heterocycles. The summed E-state index contributed by atoms with van der Waals surface area (Å²) >= 11 is 0. The van der Waals surface area contributed by atoms with Crippen LogP contribution in [0.15, 0.2) is 48.5 Å². The van der Waals surface area contributed by atoms with Crippen LogP contribution in [-0.2, 0) is 4.79 Å². The van der Waals surface area contributed by atoms with Gasteiger partial charge in [-0.2, -0.15) is 0 Å². The van der Waals surface area contributed by atoms with Gasteiger partial charge in [0.25, 0.3) is 0 Å². The standard InChI is InChI=1S/C14H12FNO2/c15-10-5-3-4-9(8-10)11-6-1-2-7-12(11)13(16)14(17)18/h1-8,13H,16H2,(H,17,18). The van der Waals surface area contributed by atoms with Crippen LogP contribution in [0.3, 0.4) is 0 Å². The molecule has 3 nitrogen and oxygen atoms in total. The zero-order valence-electron chi connectivity index (χ0n) is 9.51. The molecule has 0 aliphatic carbocycles. The smallest absolute Gasteiger partial charge is 0.325 e. The van der Waals surface area contributed by atoms with Crippen molar-refractivity contribution in [3.63, 3.8) is 0 Å². The summed E-state index contributed by atoms with van der Waals surface area (Å²) in [5, 5.41) is 8.96. The van der Waals surface area contributed by atoms with E-state index in [0.29, 0.717) is 16.7 Å². The maximum Gasteiger partial charge on any atom is 0.325 e. The van der Waals surface area contributed by atoms with E-state index in [1.54, 1.807) is 36.4 Å². The topological polar surface area (TPSA) is 63.3 Å². The Morgan fingerprint density at radius 3 is 2.56 bits per heavy atom. The second-order valence-corrected chi connectivity index (χ2v) is 3.91. The van der Waals surface area contributed by atoms with Crippen molar-refractivity contribution in [1.29, 1.82) is 0 Å². The maximum atomic E-state index is 13.2. The minimum atomic E-state index is -1.12. The summed E-state index contributed by atoms with van der Waals surface area (Å²) in [5.74, 6) is -1.48. The molecule has 0 bridgehead atoms. The van der Waals surface area contributed by atoms with Gasteiger partial charge in [-0.05, 0) is 28.8 Å². The largest absolute Gasteiger partial charge is 0.480 e. The van der Waals surface area contributed by atoms with Crippen LogP contribution in [0.25, 0.3) is 11.1 Å². The second kappa shape index (κ2) is 4.98. The maximum absolute atomic E-state index is 13.2. The lowest BCUT2D eigenvalue weighted by Gasteiger charge is -2.13. The van der Waals surface area contributed by atoms with Gasteiger partial charge in [0.05, 0.1) is 0 Å². The molecule has 0 amide bonds. The fourth-order valence-corrected chi connectivity index (χ4v) is 1.82. The van der Waals surface area contributed by atoms with E-state index in [1.165, 1.54) is 12.1 Å². The number of carbonyl (C=O) groups is 1. The molecule has 18 heavy (non-hydrogen) atoms. The molecule has 0 aromatic heterocycles. The summed E-state index contributed by atoms with van der Waals surface area (Å²) < 4.78 is 13.2. The van der Waals surface area contributed by atoms with E-state index in [1.807, 2.05) is 0 Å². The van der Waals surface area contributed by atoms with Crippen LogP contribution < -0.4 is 5.73 Å². The van der Waals surface area contributed by atoms with Crippen molar-refractivity contribution in [3.8, 4) is 11.1 Å². The predicted molar refractivity (Wildman–Crippen MR) is 66.4 cm³/mol. The van der Waals surface area contributed by atoms with Crippen molar-refractivity contribution < 1.29 is 14.3 Å². The van der Waals surface area contributed by atoms with E-state index in [9.17, 15) is 9.18 Å². The molecule has 2 rings (SSSR count). The normalized spacial score (nSPS) is 12.1. The number of nitrogens with two attached hydrogens (primary N) is 1. The quantitative estimate of drug-likeness (QED) is 0.873. The predicted octanol–water partition coefficient (Wildman–Crippen LogP) is 2.58. The van der Waals surface area contributed by atoms with Gasteiger partial charge in [0, 0.05) is 0 Å². The average Bonchev–Trinajstić information content (AvgIpc) is 2.38. The van der Waals surface area contributed by atoms with E-state index in [-0.39, 0.29) is 5.82 Å². The number of hydrogen-bond donors (Lipinski definition) is 2. The van der Waals surface area contributed by atoms with Gasteiger partial charge in [0.1, 0.15) is 11.9 Å². The van der Waals surface area contributed by atoms with Crippen LogP contribution in [0.2, 0.25) is 0 Å². The fourth-order valence-electron chi connectivity index (χ4n) is 1.82.